The summed E-state index contributed by atoms with van der Waals surface area (Å²) in [6, 6.07) is 0. The molecule has 0 aromatic carbocycles. The van der Waals surface area contributed by atoms with E-state index in [1.807, 2.05) is 6.20 Å². The number of halogens is 1. The van der Waals surface area contributed by atoms with Crippen molar-refractivity contribution in [1.29, 1.82) is 0 Å². The van der Waals surface area contributed by atoms with Crippen molar-refractivity contribution in [3.05, 3.63) is 17.7 Å². The second-order valence-corrected chi connectivity index (χ2v) is 3.44. The molecule has 2 nitrogen and oxygen atoms in total. The van der Waals surface area contributed by atoms with Crippen LogP contribution in [0.4, 0.5) is 0 Å². The summed E-state index contributed by atoms with van der Waals surface area (Å²) in [7, 11) is 0. The summed E-state index contributed by atoms with van der Waals surface area (Å²) in [5, 5.41) is 0.0862. The zero-order chi connectivity index (χ0) is 8.97. The molecule has 1 heterocycles. The van der Waals surface area contributed by atoms with Crippen LogP contribution in [0.3, 0.4) is 0 Å². The summed E-state index contributed by atoms with van der Waals surface area (Å²) in [6.45, 7) is 4.21. The number of nitrogens with one attached hydrogen (secondary N) is 1. The van der Waals surface area contributed by atoms with Gasteiger partial charge in [-0.3, -0.25) is 0 Å². The van der Waals surface area contributed by atoms with Crippen LogP contribution < -0.4 is 0 Å². The number of aromatic nitrogens is 2. The molecular weight excluding hydrogens is 172 g/mol. The predicted octanol–water partition coefficient (Wildman–Crippen LogP) is 3.05. The van der Waals surface area contributed by atoms with Crippen molar-refractivity contribution < 1.29 is 0 Å². The smallest absolute Gasteiger partial charge is 0.106 e. The van der Waals surface area contributed by atoms with Crippen LogP contribution in [0.15, 0.2) is 6.20 Å². The highest BCUT2D eigenvalue weighted by molar-refractivity contribution is 6.20. The third-order valence-corrected chi connectivity index (χ3v) is 2.37. The Morgan fingerprint density at radius 2 is 2.33 bits per heavy atom. The van der Waals surface area contributed by atoms with Gasteiger partial charge in [0, 0.05) is 12.6 Å². The van der Waals surface area contributed by atoms with E-state index in [-0.39, 0.29) is 5.38 Å². The summed E-state index contributed by atoms with van der Waals surface area (Å²) in [5.41, 5.74) is 1.04. The van der Waals surface area contributed by atoms with Crippen LogP contribution in [0, 0.1) is 0 Å². The normalized spacial score (nSPS) is 13.2. The van der Waals surface area contributed by atoms with Gasteiger partial charge in [0.25, 0.3) is 0 Å². The van der Waals surface area contributed by atoms with Gasteiger partial charge in [0.05, 0.1) is 11.1 Å². The zero-order valence-corrected chi connectivity index (χ0v) is 8.36. The maximum absolute atomic E-state index is 6.03. The van der Waals surface area contributed by atoms with Crippen LogP contribution in [0.2, 0.25) is 0 Å². The number of hydrogen-bond donors (Lipinski definition) is 1. The Morgan fingerprint density at radius 1 is 1.58 bits per heavy atom. The quantitative estimate of drug-likeness (QED) is 0.720. The molecular formula is C9H15ClN2. The van der Waals surface area contributed by atoms with E-state index in [0.717, 1.165) is 30.8 Å². The Balaban J connectivity index is 2.63. The van der Waals surface area contributed by atoms with Gasteiger partial charge in [-0.2, -0.15) is 0 Å². The average Bonchev–Trinajstić information content (AvgIpc) is 2.52. The number of alkyl halides is 1. The molecule has 68 valence electrons. The van der Waals surface area contributed by atoms with Gasteiger partial charge >= 0.3 is 0 Å². The van der Waals surface area contributed by atoms with Crippen LogP contribution in [0.5, 0.6) is 0 Å². The molecule has 0 amide bonds. The minimum absolute atomic E-state index is 0.0862. The molecule has 1 N–H and O–H groups in total. The Bertz CT molecular complexity index is 232. The molecule has 0 radical (unpaired) electrons. The zero-order valence-electron chi connectivity index (χ0n) is 7.60. The molecule has 0 aliphatic heterocycles. The molecule has 12 heavy (non-hydrogen) atoms. The minimum Gasteiger partial charge on any atom is -0.345 e. The Morgan fingerprint density at radius 3 is 2.92 bits per heavy atom. The molecule has 1 rings (SSSR count). The first kappa shape index (κ1) is 9.59. The van der Waals surface area contributed by atoms with E-state index in [1.165, 1.54) is 0 Å². The minimum atomic E-state index is 0.0862. The van der Waals surface area contributed by atoms with Gasteiger partial charge in [0.2, 0.25) is 0 Å². The van der Waals surface area contributed by atoms with E-state index in [0.29, 0.717) is 0 Å². The molecule has 3 heteroatoms. The lowest BCUT2D eigenvalue weighted by molar-refractivity contribution is 0.823. The fourth-order valence-corrected chi connectivity index (χ4v) is 1.23. The fraction of sp³-hybridized carbons (Fsp3) is 0.667. The number of imidazole rings is 1. The molecule has 1 unspecified atom stereocenters. The lowest BCUT2D eigenvalue weighted by atomic mass is 10.3. The molecule has 1 atom stereocenters. The summed E-state index contributed by atoms with van der Waals surface area (Å²) in [5.74, 6) is 1.05. The average molecular weight is 187 g/mol. The molecule has 0 saturated carbocycles. The Labute approximate surface area is 78.4 Å². The largest absolute Gasteiger partial charge is 0.345 e. The number of nitrogens with zero attached hydrogens (tertiary/aromatic N) is 1. The second kappa shape index (κ2) is 4.51. The third-order valence-electron chi connectivity index (χ3n) is 1.83. The van der Waals surface area contributed by atoms with Gasteiger partial charge < -0.3 is 4.98 Å². The summed E-state index contributed by atoms with van der Waals surface area (Å²) < 4.78 is 0. The van der Waals surface area contributed by atoms with E-state index in [1.54, 1.807) is 0 Å². The first-order valence-corrected chi connectivity index (χ1v) is 4.89. The van der Waals surface area contributed by atoms with Crippen molar-refractivity contribution in [2.75, 3.05) is 0 Å². The number of H-pyrrole nitrogens is 1. The van der Waals surface area contributed by atoms with Crippen molar-refractivity contribution in [2.45, 2.75) is 38.5 Å². The van der Waals surface area contributed by atoms with Gasteiger partial charge in [-0.05, 0) is 12.8 Å². The molecule has 0 aliphatic carbocycles. The Kier molecular flexibility index (Phi) is 3.60. The first-order chi connectivity index (χ1) is 5.77. The fourth-order valence-electron chi connectivity index (χ4n) is 1.12. The highest BCUT2D eigenvalue weighted by atomic mass is 35.5. The highest BCUT2D eigenvalue weighted by Crippen LogP contribution is 2.21. The second-order valence-electron chi connectivity index (χ2n) is 2.91. The number of aromatic amines is 1. The Hall–Kier alpha value is -0.500. The highest BCUT2D eigenvalue weighted by Gasteiger charge is 2.07. The maximum Gasteiger partial charge on any atom is 0.106 e. The van der Waals surface area contributed by atoms with E-state index in [2.05, 4.69) is 23.8 Å². The van der Waals surface area contributed by atoms with Crippen molar-refractivity contribution in [3.8, 4) is 0 Å². The summed E-state index contributed by atoms with van der Waals surface area (Å²) in [4.78, 5) is 7.46. The molecule has 0 saturated heterocycles. The van der Waals surface area contributed by atoms with Gasteiger partial charge in [-0.1, -0.05) is 13.8 Å². The molecule has 1 aromatic rings. The summed E-state index contributed by atoms with van der Waals surface area (Å²) in [6.07, 6.45) is 4.90. The molecule has 0 fully saturated rings. The topological polar surface area (TPSA) is 28.7 Å². The van der Waals surface area contributed by atoms with Gasteiger partial charge in [0.15, 0.2) is 0 Å². The van der Waals surface area contributed by atoms with Gasteiger partial charge in [0.1, 0.15) is 5.82 Å². The molecule has 1 aromatic heterocycles. The van der Waals surface area contributed by atoms with Gasteiger partial charge in [-0.25, -0.2) is 4.98 Å². The lowest BCUT2D eigenvalue weighted by Gasteiger charge is -2.00. The van der Waals surface area contributed by atoms with Crippen molar-refractivity contribution in [3.63, 3.8) is 0 Å². The lowest BCUT2D eigenvalue weighted by Crippen LogP contribution is -1.90. The van der Waals surface area contributed by atoms with E-state index in [4.69, 9.17) is 11.6 Å². The molecule has 0 aliphatic rings. The third kappa shape index (κ3) is 2.24. The van der Waals surface area contributed by atoms with E-state index >= 15 is 0 Å². The van der Waals surface area contributed by atoms with Gasteiger partial charge in [-0.15, -0.1) is 11.6 Å². The molecule has 0 bridgehead atoms. The van der Waals surface area contributed by atoms with Crippen LogP contribution in [0.1, 0.15) is 43.6 Å². The predicted molar refractivity (Wildman–Crippen MR) is 51.5 cm³/mol. The van der Waals surface area contributed by atoms with Crippen LogP contribution in [0.25, 0.3) is 0 Å². The standard InChI is InChI=1S/C9H15ClN2/c1-3-5-9-11-6-8(12-9)7(10)4-2/h6-7H,3-5H2,1-2H3,(H,11,12). The first-order valence-electron chi connectivity index (χ1n) is 4.45. The SMILES string of the molecule is CCCc1ncc(C(Cl)CC)[nH]1. The van der Waals surface area contributed by atoms with E-state index < -0.39 is 0 Å². The van der Waals surface area contributed by atoms with Crippen molar-refractivity contribution in [2.24, 2.45) is 0 Å². The van der Waals surface area contributed by atoms with Crippen LogP contribution in [-0.2, 0) is 6.42 Å². The number of rotatable bonds is 4. The van der Waals surface area contributed by atoms with Crippen molar-refractivity contribution >= 4 is 11.6 Å². The summed E-state index contributed by atoms with van der Waals surface area (Å²) >= 11 is 6.03. The number of hydrogen-bond acceptors (Lipinski definition) is 1. The van der Waals surface area contributed by atoms with Crippen molar-refractivity contribution in [1.82, 2.24) is 9.97 Å². The monoisotopic (exact) mass is 186 g/mol. The maximum atomic E-state index is 6.03. The number of aryl methyl sites for hydroxylation is 1. The van der Waals surface area contributed by atoms with Crippen LogP contribution in [-0.4, -0.2) is 9.97 Å². The van der Waals surface area contributed by atoms with E-state index in [9.17, 15) is 0 Å². The van der Waals surface area contributed by atoms with Crippen LogP contribution >= 0.6 is 11.6 Å². The molecule has 0 spiro atoms.